The Morgan fingerprint density at radius 1 is 1.29 bits per heavy atom. The van der Waals surface area contributed by atoms with E-state index in [1.54, 1.807) is 13.0 Å². The van der Waals surface area contributed by atoms with E-state index >= 15 is 0 Å². The first kappa shape index (κ1) is 19.8. The largest absolute Gasteiger partial charge is 0.464 e. The predicted molar refractivity (Wildman–Crippen MR) is 84.6 cm³/mol. The molecule has 0 spiro atoms. The van der Waals surface area contributed by atoms with Gasteiger partial charge in [-0.25, -0.2) is 9.18 Å². The van der Waals surface area contributed by atoms with Crippen molar-refractivity contribution >= 4 is 17.7 Å². The minimum atomic E-state index is -1.66. The number of rotatable bonds is 8. The molecule has 0 bridgehead atoms. The van der Waals surface area contributed by atoms with Gasteiger partial charge in [0.25, 0.3) is 5.91 Å². The highest BCUT2D eigenvalue weighted by molar-refractivity contribution is 5.92. The number of hydrogen-bond acceptors (Lipinski definition) is 5. The monoisotopic (exact) mass is 339 g/mol. The fourth-order valence-corrected chi connectivity index (χ4v) is 2.19. The maximum atomic E-state index is 14.1. The number of hydrogen-bond donors (Lipinski definition) is 1. The van der Waals surface area contributed by atoms with E-state index in [0.717, 1.165) is 0 Å². The molecular weight excluding hydrogens is 317 g/mol. The Bertz CT molecular complexity index is 619. The first-order valence-corrected chi connectivity index (χ1v) is 7.53. The second kappa shape index (κ2) is 8.54. The van der Waals surface area contributed by atoms with E-state index in [4.69, 9.17) is 9.47 Å². The number of esters is 1. The fraction of sp³-hybridized carbons (Fsp3) is 0.471. The molecule has 2 atom stereocenters. The van der Waals surface area contributed by atoms with Gasteiger partial charge in [-0.1, -0.05) is 18.2 Å². The smallest absolute Gasteiger partial charge is 0.329 e. The molecule has 0 saturated heterocycles. The first-order valence-electron chi connectivity index (χ1n) is 7.53. The molecule has 1 N–H and O–H groups in total. The van der Waals surface area contributed by atoms with E-state index in [-0.39, 0.29) is 24.4 Å². The summed E-state index contributed by atoms with van der Waals surface area (Å²) in [5.41, 5.74) is -1.64. The van der Waals surface area contributed by atoms with E-state index in [1.807, 2.05) is 0 Å². The number of nitrogens with one attached hydrogen (secondary N) is 1. The van der Waals surface area contributed by atoms with E-state index < -0.39 is 29.3 Å². The molecule has 0 saturated carbocycles. The number of halogens is 1. The molecule has 132 valence electrons. The Kier molecular flexibility index (Phi) is 7.03. The molecular formula is C17H22FNO5. The number of ether oxygens (including phenoxy) is 2. The highest BCUT2D eigenvalue weighted by Crippen LogP contribution is 2.27. The van der Waals surface area contributed by atoms with Gasteiger partial charge in [0.05, 0.1) is 6.61 Å². The second-order valence-corrected chi connectivity index (χ2v) is 5.40. The van der Waals surface area contributed by atoms with Crippen LogP contribution in [0.3, 0.4) is 0 Å². The maximum Gasteiger partial charge on any atom is 0.329 e. The summed E-state index contributed by atoms with van der Waals surface area (Å²) in [5.74, 6) is -2.38. The molecule has 0 aliphatic rings. The molecule has 0 aliphatic carbocycles. The summed E-state index contributed by atoms with van der Waals surface area (Å²) in [4.78, 5) is 35.9. The van der Waals surface area contributed by atoms with E-state index in [9.17, 15) is 18.8 Å². The van der Waals surface area contributed by atoms with Crippen LogP contribution in [0.4, 0.5) is 4.39 Å². The lowest BCUT2D eigenvalue weighted by Crippen LogP contribution is -2.51. The maximum absolute atomic E-state index is 14.1. The van der Waals surface area contributed by atoms with Crippen LogP contribution in [0.25, 0.3) is 0 Å². The van der Waals surface area contributed by atoms with Crippen LogP contribution in [0.2, 0.25) is 0 Å². The SMILES string of the molecule is CCOC(=O)[C@@H](CC(C)=O)NC(=O)[C@@](C)(OC)c1ccccc1F. The topological polar surface area (TPSA) is 81.7 Å². The zero-order chi connectivity index (χ0) is 18.3. The van der Waals surface area contributed by atoms with Crippen molar-refractivity contribution < 1.29 is 28.2 Å². The summed E-state index contributed by atoms with van der Waals surface area (Å²) in [6, 6.07) is 4.53. The molecule has 0 heterocycles. The van der Waals surface area contributed by atoms with Crippen LogP contribution in [0.1, 0.15) is 32.8 Å². The highest BCUT2D eigenvalue weighted by Gasteiger charge is 2.39. The Hall–Kier alpha value is -2.28. The van der Waals surface area contributed by atoms with Crippen LogP contribution in [0.5, 0.6) is 0 Å². The normalized spacial score (nSPS) is 14.4. The average Bonchev–Trinajstić information content (AvgIpc) is 2.53. The number of Topliss-reactive ketones (excluding diaryl/α,β-unsaturated/α-hetero) is 1. The van der Waals surface area contributed by atoms with Crippen molar-refractivity contribution in [3.63, 3.8) is 0 Å². The molecule has 1 aromatic rings. The van der Waals surface area contributed by atoms with Gasteiger partial charge in [0, 0.05) is 19.1 Å². The van der Waals surface area contributed by atoms with Gasteiger partial charge in [0.15, 0.2) is 5.60 Å². The van der Waals surface area contributed by atoms with Crippen molar-refractivity contribution in [2.24, 2.45) is 0 Å². The number of ketones is 1. The lowest BCUT2D eigenvalue weighted by molar-refractivity contribution is -0.153. The van der Waals surface area contributed by atoms with Gasteiger partial charge in [-0.3, -0.25) is 9.59 Å². The van der Waals surface area contributed by atoms with Gasteiger partial charge >= 0.3 is 5.97 Å². The highest BCUT2D eigenvalue weighted by atomic mass is 19.1. The van der Waals surface area contributed by atoms with Gasteiger partial charge in [-0.05, 0) is 26.8 Å². The van der Waals surface area contributed by atoms with E-state index in [2.05, 4.69) is 5.32 Å². The Morgan fingerprint density at radius 2 is 1.92 bits per heavy atom. The molecule has 0 radical (unpaired) electrons. The number of carbonyl (C=O) groups is 3. The van der Waals surface area contributed by atoms with Crippen LogP contribution < -0.4 is 5.32 Å². The molecule has 0 fully saturated rings. The molecule has 24 heavy (non-hydrogen) atoms. The van der Waals surface area contributed by atoms with E-state index in [0.29, 0.717) is 0 Å². The summed E-state index contributed by atoms with van der Waals surface area (Å²) < 4.78 is 24.1. The molecule has 6 nitrogen and oxygen atoms in total. The van der Waals surface area contributed by atoms with Crippen LogP contribution in [-0.4, -0.2) is 37.4 Å². The quantitative estimate of drug-likeness (QED) is 0.729. The predicted octanol–water partition coefficient (Wildman–Crippen LogP) is 1.71. The molecule has 7 heteroatoms. The standard InChI is InChI=1S/C17H22FNO5/c1-5-24-15(21)14(10-11(2)20)19-16(22)17(3,23-4)12-8-6-7-9-13(12)18/h6-9,14H,5,10H2,1-4H3,(H,19,22)/t14-,17+/m1/s1. The zero-order valence-corrected chi connectivity index (χ0v) is 14.2. The lowest BCUT2D eigenvalue weighted by atomic mass is 9.93. The molecule has 1 amide bonds. The molecule has 0 aromatic heterocycles. The molecule has 0 unspecified atom stereocenters. The van der Waals surface area contributed by atoms with Crippen molar-refractivity contribution in [3.8, 4) is 0 Å². The van der Waals surface area contributed by atoms with E-state index in [1.165, 1.54) is 39.2 Å². The summed E-state index contributed by atoms with van der Waals surface area (Å²) >= 11 is 0. The van der Waals surface area contributed by atoms with Crippen LogP contribution in [0, 0.1) is 5.82 Å². The summed E-state index contributed by atoms with van der Waals surface area (Å²) in [7, 11) is 1.26. The molecule has 1 rings (SSSR count). The minimum Gasteiger partial charge on any atom is -0.464 e. The third-order valence-corrected chi connectivity index (χ3v) is 3.60. The van der Waals surface area contributed by atoms with Gasteiger partial charge in [0.1, 0.15) is 17.6 Å². The van der Waals surface area contributed by atoms with Gasteiger partial charge in [0.2, 0.25) is 0 Å². The average molecular weight is 339 g/mol. The van der Waals surface area contributed by atoms with Crippen molar-refractivity contribution in [2.45, 2.75) is 38.8 Å². The van der Waals surface area contributed by atoms with Crippen LogP contribution in [-0.2, 0) is 29.5 Å². The van der Waals surface area contributed by atoms with Crippen LogP contribution in [0.15, 0.2) is 24.3 Å². The van der Waals surface area contributed by atoms with Crippen molar-refractivity contribution in [1.29, 1.82) is 0 Å². The summed E-state index contributed by atoms with van der Waals surface area (Å²) in [6.45, 7) is 4.41. The van der Waals surface area contributed by atoms with Gasteiger partial charge < -0.3 is 14.8 Å². The lowest BCUT2D eigenvalue weighted by Gasteiger charge is -2.29. The Balaban J connectivity index is 3.08. The Labute approximate surface area is 140 Å². The minimum absolute atomic E-state index is 0.0235. The summed E-state index contributed by atoms with van der Waals surface area (Å²) in [6.07, 6.45) is -0.221. The number of methoxy groups -OCH3 is 1. The van der Waals surface area contributed by atoms with Crippen molar-refractivity contribution in [3.05, 3.63) is 35.6 Å². The van der Waals surface area contributed by atoms with Crippen molar-refractivity contribution in [1.82, 2.24) is 5.32 Å². The van der Waals surface area contributed by atoms with Gasteiger partial charge in [-0.15, -0.1) is 0 Å². The molecule has 1 aromatic carbocycles. The Morgan fingerprint density at radius 3 is 2.42 bits per heavy atom. The fourth-order valence-electron chi connectivity index (χ4n) is 2.19. The summed E-state index contributed by atoms with van der Waals surface area (Å²) in [5, 5.41) is 2.42. The molecule has 0 aliphatic heterocycles. The number of amides is 1. The second-order valence-electron chi connectivity index (χ2n) is 5.40. The zero-order valence-electron chi connectivity index (χ0n) is 14.2. The third-order valence-electron chi connectivity index (χ3n) is 3.60. The number of carbonyl (C=O) groups excluding carboxylic acids is 3. The first-order chi connectivity index (χ1) is 11.3. The number of benzene rings is 1. The van der Waals surface area contributed by atoms with Gasteiger partial charge in [-0.2, -0.15) is 0 Å². The third kappa shape index (κ3) is 4.61. The van der Waals surface area contributed by atoms with Crippen molar-refractivity contribution in [2.75, 3.05) is 13.7 Å². The van der Waals surface area contributed by atoms with Crippen LogP contribution >= 0.6 is 0 Å².